The quantitative estimate of drug-likeness (QED) is 0.597. The number of hydrogen-bond acceptors (Lipinski definition) is 4. The van der Waals surface area contributed by atoms with Crippen LogP contribution in [0, 0.1) is 5.41 Å². The number of ether oxygens (including phenoxy) is 2. The minimum atomic E-state index is -0.422. The van der Waals surface area contributed by atoms with Gasteiger partial charge in [0.2, 0.25) is 0 Å². The summed E-state index contributed by atoms with van der Waals surface area (Å²) in [4.78, 5) is 0. The normalized spacial score (nSPS) is 20.4. The average molecular weight is 273 g/mol. The van der Waals surface area contributed by atoms with E-state index in [1.54, 1.807) is 0 Å². The molecule has 19 heavy (non-hydrogen) atoms. The first-order valence-corrected chi connectivity index (χ1v) is 7.70. The fourth-order valence-electron chi connectivity index (χ4n) is 2.66. The van der Waals surface area contributed by atoms with Crippen LogP contribution in [0.25, 0.3) is 0 Å². The molecule has 1 atom stereocenters. The summed E-state index contributed by atoms with van der Waals surface area (Å²) in [5.74, 6) is 0. The SMILES string of the molecule is CCOCCOCC(O)CNCC1(C)CCCCC1. The van der Waals surface area contributed by atoms with Gasteiger partial charge in [-0.05, 0) is 25.2 Å². The van der Waals surface area contributed by atoms with Crippen LogP contribution in [0.2, 0.25) is 0 Å². The van der Waals surface area contributed by atoms with Gasteiger partial charge >= 0.3 is 0 Å². The molecule has 2 N–H and O–H groups in total. The van der Waals surface area contributed by atoms with Crippen molar-refractivity contribution in [1.82, 2.24) is 5.32 Å². The van der Waals surface area contributed by atoms with E-state index < -0.39 is 6.10 Å². The maximum Gasteiger partial charge on any atom is 0.0897 e. The molecule has 0 aromatic heterocycles. The molecule has 0 heterocycles. The summed E-state index contributed by atoms with van der Waals surface area (Å²) in [5.41, 5.74) is 0.424. The van der Waals surface area contributed by atoms with Crippen LogP contribution in [0.15, 0.2) is 0 Å². The van der Waals surface area contributed by atoms with E-state index in [2.05, 4.69) is 12.2 Å². The van der Waals surface area contributed by atoms with Gasteiger partial charge in [-0.2, -0.15) is 0 Å². The summed E-state index contributed by atoms with van der Waals surface area (Å²) in [5, 5.41) is 13.2. The highest BCUT2D eigenvalue weighted by Crippen LogP contribution is 2.34. The van der Waals surface area contributed by atoms with Gasteiger partial charge in [-0.15, -0.1) is 0 Å². The molecule has 0 spiro atoms. The summed E-state index contributed by atoms with van der Waals surface area (Å²) in [6.07, 6.45) is 6.27. The van der Waals surface area contributed by atoms with E-state index in [4.69, 9.17) is 9.47 Å². The largest absolute Gasteiger partial charge is 0.389 e. The fourth-order valence-corrected chi connectivity index (χ4v) is 2.66. The maximum atomic E-state index is 9.79. The van der Waals surface area contributed by atoms with Crippen LogP contribution in [0.5, 0.6) is 0 Å². The van der Waals surface area contributed by atoms with Crippen molar-refractivity contribution in [2.75, 3.05) is 39.5 Å². The van der Waals surface area contributed by atoms with Crippen LogP contribution in [0.1, 0.15) is 46.0 Å². The third-order valence-corrected chi connectivity index (χ3v) is 3.88. The Kier molecular flexibility index (Phi) is 8.62. The molecule has 1 saturated carbocycles. The lowest BCUT2D eigenvalue weighted by molar-refractivity contribution is 0.00557. The zero-order valence-corrected chi connectivity index (χ0v) is 12.6. The van der Waals surface area contributed by atoms with Gasteiger partial charge in [0.25, 0.3) is 0 Å². The Morgan fingerprint density at radius 1 is 1.16 bits per heavy atom. The predicted molar refractivity (Wildman–Crippen MR) is 77.4 cm³/mol. The molecule has 0 saturated heterocycles. The second-order valence-corrected chi connectivity index (χ2v) is 5.93. The summed E-state index contributed by atoms with van der Waals surface area (Å²) >= 11 is 0. The first-order chi connectivity index (χ1) is 9.16. The molecule has 1 unspecified atom stereocenters. The topological polar surface area (TPSA) is 50.7 Å². The predicted octanol–water partition coefficient (Wildman–Crippen LogP) is 1.96. The zero-order valence-electron chi connectivity index (χ0n) is 12.6. The second kappa shape index (κ2) is 9.70. The first kappa shape index (κ1) is 16.9. The Morgan fingerprint density at radius 2 is 1.84 bits per heavy atom. The maximum absolute atomic E-state index is 9.79. The van der Waals surface area contributed by atoms with Crippen LogP contribution < -0.4 is 5.32 Å². The van der Waals surface area contributed by atoms with E-state index in [-0.39, 0.29) is 0 Å². The molecule has 0 bridgehead atoms. The van der Waals surface area contributed by atoms with Gasteiger partial charge in [0.15, 0.2) is 0 Å². The molecule has 1 aliphatic carbocycles. The third-order valence-electron chi connectivity index (χ3n) is 3.88. The molecule has 114 valence electrons. The molecule has 0 radical (unpaired) electrons. The summed E-state index contributed by atoms with van der Waals surface area (Å²) in [7, 11) is 0. The number of nitrogens with one attached hydrogen (secondary N) is 1. The van der Waals surface area contributed by atoms with Crippen molar-refractivity contribution >= 4 is 0 Å². The highest BCUT2D eigenvalue weighted by Gasteiger charge is 2.26. The van der Waals surface area contributed by atoms with Gasteiger partial charge in [0.1, 0.15) is 0 Å². The molecule has 1 rings (SSSR count). The molecule has 1 fully saturated rings. The molecule has 0 aromatic rings. The van der Waals surface area contributed by atoms with Crippen molar-refractivity contribution in [3.05, 3.63) is 0 Å². The Balaban J connectivity index is 1.98. The first-order valence-electron chi connectivity index (χ1n) is 7.70. The molecular weight excluding hydrogens is 242 g/mol. The van der Waals surface area contributed by atoms with Crippen molar-refractivity contribution in [3.63, 3.8) is 0 Å². The Hall–Kier alpha value is -0.160. The van der Waals surface area contributed by atoms with Crippen LogP contribution in [-0.4, -0.2) is 50.7 Å². The molecule has 1 aliphatic rings. The molecule has 4 heteroatoms. The van der Waals surface area contributed by atoms with Gasteiger partial charge in [-0.3, -0.25) is 0 Å². The Bertz CT molecular complexity index is 217. The van der Waals surface area contributed by atoms with Crippen LogP contribution >= 0.6 is 0 Å². The minimum absolute atomic E-state index is 0.386. The van der Waals surface area contributed by atoms with Gasteiger partial charge in [-0.25, -0.2) is 0 Å². The van der Waals surface area contributed by atoms with Crippen molar-refractivity contribution in [3.8, 4) is 0 Å². The summed E-state index contributed by atoms with van der Waals surface area (Å²) in [6.45, 7) is 8.20. The Labute approximate surface area is 117 Å². The second-order valence-electron chi connectivity index (χ2n) is 5.93. The van der Waals surface area contributed by atoms with Gasteiger partial charge < -0.3 is 19.9 Å². The minimum Gasteiger partial charge on any atom is -0.389 e. The summed E-state index contributed by atoms with van der Waals surface area (Å²) in [6, 6.07) is 0. The number of aliphatic hydroxyl groups excluding tert-OH is 1. The summed E-state index contributed by atoms with van der Waals surface area (Å²) < 4.78 is 10.5. The van der Waals surface area contributed by atoms with Gasteiger partial charge in [-0.1, -0.05) is 26.2 Å². The van der Waals surface area contributed by atoms with Crippen molar-refractivity contribution < 1.29 is 14.6 Å². The lowest BCUT2D eigenvalue weighted by Crippen LogP contribution is -2.38. The molecule has 0 aromatic carbocycles. The zero-order chi connectivity index (χ0) is 14.0. The highest BCUT2D eigenvalue weighted by atomic mass is 16.5. The van der Waals surface area contributed by atoms with Crippen LogP contribution in [-0.2, 0) is 9.47 Å². The monoisotopic (exact) mass is 273 g/mol. The van der Waals surface area contributed by atoms with Crippen molar-refractivity contribution in [2.45, 2.75) is 52.1 Å². The standard InChI is InChI=1S/C15H31NO3/c1-3-18-9-10-19-12-14(17)11-16-13-15(2)7-5-4-6-8-15/h14,16-17H,3-13H2,1-2H3. The van der Waals surface area contributed by atoms with E-state index in [0.717, 1.165) is 6.54 Å². The lowest BCUT2D eigenvalue weighted by atomic mass is 9.76. The van der Waals surface area contributed by atoms with Crippen LogP contribution in [0.4, 0.5) is 0 Å². The molecule has 4 nitrogen and oxygen atoms in total. The number of aliphatic hydroxyl groups is 1. The van der Waals surface area contributed by atoms with E-state index in [9.17, 15) is 5.11 Å². The van der Waals surface area contributed by atoms with E-state index in [0.29, 0.717) is 38.4 Å². The van der Waals surface area contributed by atoms with E-state index in [1.807, 2.05) is 6.92 Å². The van der Waals surface area contributed by atoms with E-state index >= 15 is 0 Å². The molecule has 0 amide bonds. The number of rotatable bonds is 10. The smallest absolute Gasteiger partial charge is 0.0897 e. The Morgan fingerprint density at radius 3 is 2.53 bits per heavy atom. The van der Waals surface area contributed by atoms with Gasteiger partial charge in [0, 0.05) is 19.7 Å². The van der Waals surface area contributed by atoms with Crippen molar-refractivity contribution in [1.29, 1.82) is 0 Å². The number of hydrogen-bond donors (Lipinski definition) is 2. The van der Waals surface area contributed by atoms with Gasteiger partial charge in [0.05, 0.1) is 25.9 Å². The molecule has 0 aliphatic heterocycles. The van der Waals surface area contributed by atoms with E-state index in [1.165, 1.54) is 32.1 Å². The van der Waals surface area contributed by atoms with Crippen LogP contribution in [0.3, 0.4) is 0 Å². The third kappa shape index (κ3) is 7.88. The highest BCUT2D eigenvalue weighted by molar-refractivity contribution is 4.80. The average Bonchev–Trinajstić information content (AvgIpc) is 2.39. The molecular formula is C15H31NO3. The lowest BCUT2D eigenvalue weighted by Gasteiger charge is -2.34. The van der Waals surface area contributed by atoms with Crippen molar-refractivity contribution in [2.24, 2.45) is 5.41 Å². The fraction of sp³-hybridized carbons (Fsp3) is 1.00.